The predicted molar refractivity (Wildman–Crippen MR) is 55.7 cm³/mol. The number of carbonyl (C=O) groups is 1. The maximum atomic E-state index is 10.8. The Balaban J connectivity index is 2.59. The Morgan fingerprint density at radius 2 is 2.47 bits per heavy atom. The molecular weight excluding hydrogens is 194 g/mol. The molecule has 1 aromatic heterocycles. The van der Waals surface area contributed by atoms with Crippen molar-refractivity contribution in [2.24, 2.45) is 0 Å². The van der Waals surface area contributed by atoms with E-state index in [4.69, 9.17) is 9.84 Å². The molecule has 0 amide bonds. The van der Waals surface area contributed by atoms with E-state index in [1.807, 2.05) is 0 Å². The molecule has 0 fully saturated rings. The van der Waals surface area contributed by atoms with Gasteiger partial charge in [0.1, 0.15) is 0 Å². The third-order valence-corrected chi connectivity index (χ3v) is 1.82. The third-order valence-electron chi connectivity index (χ3n) is 1.82. The van der Waals surface area contributed by atoms with Gasteiger partial charge in [-0.2, -0.15) is 0 Å². The molecule has 0 spiro atoms. The van der Waals surface area contributed by atoms with Gasteiger partial charge in [0.15, 0.2) is 5.69 Å². The Bertz CT molecular complexity index is 349. The number of hydrogen-bond donors (Lipinski definition) is 1. The average Bonchev–Trinajstić information content (AvgIpc) is 2.25. The van der Waals surface area contributed by atoms with Gasteiger partial charge in [-0.25, -0.2) is 9.78 Å². The molecule has 0 radical (unpaired) electrons. The summed E-state index contributed by atoms with van der Waals surface area (Å²) >= 11 is 0. The molecule has 80 valence electrons. The molecule has 0 aliphatic rings. The fourth-order valence-corrected chi connectivity index (χ4v) is 1.10. The smallest absolute Gasteiger partial charge is 0.354 e. The Hall–Kier alpha value is -1.68. The summed E-state index contributed by atoms with van der Waals surface area (Å²) in [6.07, 6.45) is 3.96. The zero-order chi connectivity index (χ0) is 11.1. The van der Waals surface area contributed by atoms with Crippen LogP contribution in [0.15, 0.2) is 31.0 Å². The highest BCUT2D eigenvalue weighted by molar-refractivity contribution is 5.86. The van der Waals surface area contributed by atoms with Crippen LogP contribution < -0.4 is 0 Å². The molecule has 1 aromatic rings. The van der Waals surface area contributed by atoms with Gasteiger partial charge in [0.25, 0.3) is 0 Å². The first-order valence-electron chi connectivity index (χ1n) is 4.61. The Labute approximate surface area is 88.2 Å². The van der Waals surface area contributed by atoms with Gasteiger partial charge in [-0.05, 0) is 12.5 Å². The van der Waals surface area contributed by atoms with Crippen LogP contribution in [0.3, 0.4) is 0 Å². The summed E-state index contributed by atoms with van der Waals surface area (Å²) in [6, 6.07) is 3.39. The standard InChI is InChI=1S/C11H13NO3/c1-2-3-7-15-8-9-5-4-6-12-10(9)11(13)14/h2,4-6H,1,3,7-8H2,(H,13,14). The lowest BCUT2D eigenvalue weighted by atomic mass is 10.2. The molecule has 0 saturated carbocycles. The van der Waals surface area contributed by atoms with E-state index in [2.05, 4.69) is 11.6 Å². The van der Waals surface area contributed by atoms with Crippen molar-refractivity contribution in [2.75, 3.05) is 6.61 Å². The van der Waals surface area contributed by atoms with Crippen LogP contribution in [0.4, 0.5) is 0 Å². The minimum absolute atomic E-state index is 0.0519. The second-order valence-electron chi connectivity index (χ2n) is 2.95. The molecule has 0 atom stereocenters. The fourth-order valence-electron chi connectivity index (χ4n) is 1.10. The van der Waals surface area contributed by atoms with E-state index in [1.165, 1.54) is 6.20 Å². The van der Waals surface area contributed by atoms with E-state index in [1.54, 1.807) is 18.2 Å². The number of aromatic carboxylic acids is 1. The number of pyridine rings is 1. The van der Waals surface area contributed by atoms with Gasteiger partial charge >= 0.3 is 5.97 Å². The van der Waals surface area contributed by atoms with Crippen LogP contribution in [-0.2, 0) is 11.3 Å². The Morgan fingerprint density at radius 1 is 1.67 bits per heavy atom. The van der Waals surface area contributed by atoms with Crippen LogP contribution in [0, 0.1) is 0 Å². The maximum Gasteiger partial charge on any atom is 0.354 e. The average molecular weight is 207 g/mol. The van der Waals surface area contributed by atoms with Gasteiger partial charge in [-0.1, -0.05) is 12.1 Å². The summed E-state index contributed by atoms with van der Waals surface area (Å²) in [5.41, 5.74) is 0.644. The van der Waals surface area contributed by atoms with Gasteiger partial charge in [0.05, 0.1) is 13.2 Å². The predicted octanol–water partition coefficient (Wildman–Crippen LogP) is 1.87. The zero-order valence-corrected chi connectivity index (χ0v) is 8.35. The van der Waals surface area contributed by atoms with Crippen LogP contribution in [-0.4, -0.2) is 22.7 Å². The van der Waals surface area contributed by atoms with Gasteiger partial charge in [-0.15, -0.1) is 6.58 Å². The monoisotopic (exact) mass is 207 g/mol. The van der Waals surface area contributed by atoms with Crippen LogP contribution in [0.25, 0.3) is 0 Å². The summed E-state index contributed by atoms with van der Waals surface area (Å²) in [4.78, 5) is 14.6. The van der Waals surface area contributed by atoms with E-state index in [-0.39, 0.29) is 12.3 Å². The molecule has 0 bridgehead atoms. The lowest BCUT2D eigenvalue weighted by Gasteiger charge is -2.05. The number of aromatic nitrogens is 1. The number of carboxylic acids is 1. The van der Waals surface area contributed by atoms with Crippen LogP contribution in [0.1, 0.15) is 22.5 Å². The lowest BCUT2D eigenvalue weighted by molar-refractivity contribution is 0.0680. The minimum atomic E-state index is -1.03. The number of nitrogens with zero attached hydrogens (tertiary/aromatic N) is 1. The van der Waals surface area contributed by atoms with Crippen molar-refractivity contribution in [3.63, 3.8) is 0 Å². The number of rotatable bonds is 6. The van der Waals surface area contributed by atoms with E-state index in [9.17, 15) is 4.79 Å². The highest BCUT2D eigenvalue weighted by Gasteiger charge is 2.10. The second kappa shape index (κ2) is 5.93. The first-order valence-corrected chi connectivity index (χ1v) is 4.61. The van der Waals surface area contributed by atoms with Crippen LogP contribution >= 0.6 is 0 Å². The summed E-state index contributed by atoms with van der Waals surface area (Å²) in [5.74, 6) is -1.03. The highest BCUT2D eigenvalue weighted by Crippen LogP contribution is 2.07. The van der Waals surface area contributed by atoms with Crippen molar-refractivity contribution in [3.05, 3.63) is 42.2 Å². The molecule has 0 saturated heterocycles. The van der Waals surface area contributed by atoms with E-state index in [0.29, 0.717) is 12.2 Å². The molecule has 1 heterocycles. The number of hydrogen-bond acceptors (Lipinski definition) is 3. The zero-order valence-electron chi connectivity index (χ0n) is 8.35. The van der Waals surface area contributed by atoms with Crippen molar-refractivity contribution in [2.45, 2.75) is 13.0 Å². The second-order valence-corrected chi connectivity index (χ2v) is 2.95. The number of ether oxygens (including phenoxy) is 1. The molecule has 1 N–H and O–H groups in total. The molecule has 4 heteroatoms. The van der Waals surface area contributed by atoms with Crippen molar-refractivity contribution in [1.82, 2.24) is 4.98 Å². The minimum Gasteiger partial charge on any atom is -0.477 e. The van der Waals surface area contributed by atoms with Crippen LogP contribution in [0.2, 0.25) is 0 Å². The molecule has 4 nitrogen and oxygen atoms in total. The van der Waals surface area contributed by atoms with Crippen molar-refractivity contribution < 1.29 is 14.6 Å². The molecule has 0 aliphatic carbocycles. The first-order chi connectivity index (χ1) is 7.25. The van der Waals surface area contributed by atoms with E-state index in [0.717, 1.165) is 6.42 Å². The van der Waals surface area contributed by atoms with Gasteiger partial charge in [0, 0.05) is 11.8 Å². The van der Waals surface area contributed by atoms with E-state index < -0.39 is 5.97 Å². The summed E-state index contributed by atoms with van der Waals surface area (Å²) in [7, 11) is 0. The topological polar surface area (TPSA) is 59.4 Å². The molecule has 0 aliphatic heterocycles. The fraction of sp³-hybridized carbons (Fsp3) is 0.273. The van der Waals surface area contributed by atoms with Crippen LogP contribution in [0.5, 0.6) is 0 Å². The van der Waals surface area contributed by atoms with Gasteiger partial charge in [0.2, 0.25) is 0 Å². The van der Waals surface area contributed by atoms with E-state index >= 15 is 0 Å². The summed E-state index contributed by atoms with van der Waals surface area (Å²) in [5, 5.41) is 8.83. The SMILES string of the molecule is C=CCCOCc1cccnc1C(=O)O. The molecule has 1 rings (SSSR count). The number of carboxylic acid groups (broad SMARTS) is 1. The molecule has 0 aromatic carbocycles. The normalized spacial score (nSPS) is 9.87. The lowest BCUT2D eigenvalue weighted by Crippen LogP contribution is -2.06. The quantitative estimate of drug-likeness (QED) is 0.571. The third kappa shape index (κ3) is 3.52. The molecule has 0 unspecified atom stereocenters. The summed E-state index contributed by atoms with van der Waals surface area (Å²) < 4.78 is 5.28. The Morgan fingerprint density at radius 3 is 3.13 bits per heavy atom. The van der Waals surface area contributed by atoms with Crippen molar-refractivity contribution in [3.8, 4) is 0 Å². The molecule has 15 heavy (non-hydrogen) atoms. The van der Waals surface area contributed by atoms with Gasteiger partial charge in [-0.3, -0.25) is 0 Å². The first kappa shape index (κ1) is 11.4. The largest absolute Gasteiger partial charge is 0.477 e. The van der Waals surface area contributed by atoms with Gasteiger partial charge < -0.3 is 9.84 Å². The maximum absolute atomic E-state index is 10.8. The highest BCUT2D eigenvalue weighted by atomic mass is 16.5. The van der Waals surface area contributed by atoms with Crippen molar-refractivity contribution in [1.29, 1.82) is 0 Å². The summed E-state index contributed by atoms with van der Waals surface area (Å²) in [6.45, 7) is 4.37. The van der Waals surface area contributed by atoms with Crippen molar-refractivity contribution >= 4 is 5.97 Å². The molecular formula is C11H13NO3. The Kier molecular flexibility index (Phi) is 4.50.